The maximum Gasteiger partial charge on any atom is 0.242 e. The standard InChI is InChI=1S/C60H84N4O23S3/c1-41(65)59(42(2)66,43(3)67)51(71)13-19-79-23-27-83-31-34-86-30-26-82-22-16-62-57(77)47(36-49(70)39-87-38-48(69)35-46-7-5-45(6-8-46)9-10-54(74)63-18-12-55(63)75)40-88-50-37-56(76)64(58(50)78)17-11-53(73)61-15-21-81-25-29-85-33-32-84-28-24-80-20-14-52(72)60(44(4)68)89-90-60/h5-8,47,50H,9-40H2,1-4H3,(H,61,73)(H,62,77)/t47-,50?/m0/s1. The first-order valence-electron chi connectivity index (χ1n) is 29.8. The lowest BCUT2D eigenvalue weighted by Crippen LogP contribution is -2.50. The molecule has 6 amide bonds. The van der Waals surface area contributed by atoms with Gasteiger partial charge in [-0.3, -0.25) is 76.9 Å². The highest BCUT2D eigenvalue weighted by Gasteiger charge is 2.57. The third-order valence-electron chi connectivity index (χ3n) is 14.2. The molecule has 0 spiro atoms. The average Bonchev–Trinajstić information content (AvgIpc) is 1.49. The number of hydrogen-bond donors (Lipinski definition) is 2. The monoisotopic (exact) mass is 1320 g/mol. The van der Waals surface area contributed by atoms with Crippen LogP contribution in [0.5, 0.6) is 0 Å². The molecule has 3 aliphatic rings. The lowest BCUT2D eigenvalue weighted by atomic mass is 9.72. The summed E-state index contributed by atoms with van der Waals surface area (Å²) in [5.41, 5.74) is -0.755. The molecule has 30 heteroatoms. The fourth-order valence-corrected chi connectivity index (χ4v) is 12.6. The minimum atomic E-state index is -2.31. The number of carbonyl (C=O) groups excluding carboxylic acids is 14. The van der Waals surface area contributed by atoms with Crippen LogP contribution in [-0.2, 0) is 123 Å². The largest absolute Gasteiger partial charge is 0.379 e. The zero-order valence-electron chi connectivity index (χ0n) is 51.6. The number of nitrogens with zero attached hydrogens (tertiary/aromatic N) is 2. The molecule has 3 fully saturated rings. The van der Waals surface area contributed by atoms with Crippen LogP contribution in [0.15, 0.2) is 24.3 Å². The number of β-lactam (4-membered cyclic amide) rings is 1. The van der Waals surface area contributed by atoms with Gasteiger partial charge in [-0.25, -0.2) is 0 Å². The molecule has 0 saturated carbocycles. The van der Waals surface area contributed by atoms with E-state index in [1.54, 1.807) is 24.3 Å². The zero-order valence-corrected chi connectivity index (χ0v) is 54.0. The summed E-state index contributed by atoms with van der Waals surface area (Å²) in [4.78, 5) is 177. The number of hydrogen-bond acceptors (Lipinski definition) is 26. The highest BCUT2D eigenvalue weighted by molar-refractivity contribution is 8.94. The van der Waals surface area contributed by atoms with E-state index in [4.69, 9.17) is 42.6 Å². The summed E-state index contributed by atoms with van der Waals surface area (Å²) in [5.74, 6) is -7.75. The van der Waals surface area contributed by atoms with E-state index in [1.807, 2.05) is 0 Å². The molecule has 1 aromatic carbocycles. The Labute approximate surface area is 535 Å². The van der Waals surface area contributed by atoms with Crippen LogP contribution >= 0.6 is 33.3 Å². The first-order chi connectivity index (χ1) is 43.1. The molecule has 0 radical (unpaired) electrons. The molecule has 2 atom stereocenters. The lowest BCUT2D eigenvalue weighted by Gasteiger charge is -2.28. The van der Waals surface area contributed by atoms with Gasteiger partial charge >= 0.3 is 0 Å². The molecule has 1 unspecified atom stereocenters. The van der Waals surface area contributed by atoms with Gasteiger partial charge in [0.2, 0.25) is 40.9 Å². The van der Waals surface area contributed by atoms with Gasteiger partial charge in [0.15, 0.2) is 50.3 Å². The maximum atomic E-state index is 13.6. The van der Waals surface area contributed by atoms with Gasteiger partial charge in [-0.05, 0) is 45.2 Å². The summed E-state index contributed by atoms with van der Waals surface area (Å²) >= 11 is 1.04. The van der Waals surface area contributed by atoms with Crippen molar-refractivity contribution < 1.29 is 110 Å². The zero-order chi connectivity index (χ0) is 65.9. The minimum Gasteiger partial charge on any atom is -0.379 e. The maximum absolute atomic E-state index is 13.6. The predicted octanol–water partition coefficient (Wildman–Crippen LogP) is 1.05. The molecule has 0 bridgehead atoms. The molecule has 500 valence electrons. The van der Waals surface area contributed by atoms with E-state index in [1.165, 1.54) is 33.4 Å². The molecule has 4 rings (SSSR count). The fraction of sp³-hybridized carbons (Fsp3) is 0.667. The van der Waals surface area contributed by atoms with Crippen LogP contribution in [0.3, 0.4) is 0 Å². The molecular formula is C60H84N4O23S3. The number of amides is 6. The summed E-state index contributed by atoms with van der Waals surface area (Å²) in [6, 6.07) is 7.11. The van der Waals surface area contributed by atoms with Crippen LogP contribution in [0.2, 0.25) is 0 Å². The molecule has 0 aromatic heterocycles. The van der Waals surface area contributed by atoms with E-state index in [9.17, 15) is 67.1 Å². The Hall–Kier alpha value is -5.51. The first kappa shape index (κ1) is 76.9. The summed E-state index contributed by atoms with van der Waals surface area (Å²) in [7, 11) is 2.54. The summed E-state index contributed by atoms with van der Waals surface area (Å²) < 4.78 is 48.2. The summed E-state index contributed by atoms with van der Waals surface area (Å²) in [6.07, 6.45) is 0.226. The Balaban J connectivity index is 1.10. The van der Waals surface area contributed by atoms with Crippen molar-refractivity contribution in [1.29, 1.82) is 0 Å². The molecule has 3 aliphatic heterocycles. The van der Waals surface area contributed by atoms with E-state index < -0.39 is 79.8 Å². The quantitative estimate of drug-likeness (QED) is 0.0230. The Morgan fingerprint density at radius 2 is 1.08 bits per heavy atom. The molecule has 3 saturated heterocycles. The van der Waals surface area contributed by atoms with E-state index in [-0.39, 0.29) is 185 Å². The number of carbonyl (C=O) groups is 14. The van der Waals surface area contributed by atoms with Gasteiger partial charge < -0.3 is 53.3 Å². The number of aryl methyl sites for hydroxylation is 1. The number of rotatable bonds is 54. The number of ketones is 8. The molecule has 90 heavy (non-hydrogen) atoms. The second-order valence-electron chi connectivity index (χ2n) is 21.0. The Morgan fingerprint density at radius 1 is 0.589 bits per heavy atom. The van der Waals surface area contributed by atoms with Crippen molar-refractivity contribution >= 4 is 115 Å². The second kappa shape index (κ2) is 41.9. The highest BCUT2D eigenvalue weighted by atomic mass is 33.2. The van der Waals surface area contributed by atoms with Gasteiger partial charge in [0, 0.05) is 83.3 Å². The molecule has 0 aliphatic carbocycles. The average molecular weight is 1330 g/mol. The van der Waals surface area contributed by atoms with E-state index in [2.05, 4.69) is 10.6 Å². The van der Waals surface area contributed by atoms with Crippen molar-refractivity contribution in [3.05, 3.63) is 35.4 Å². The number of imide groups is 2. The van der Waals surface area contributed by atoms with E-state index in [0.717, 1.165) is 43.0 Å². The molecule has 2 N–H and O–H groups in total. The van der Waals surface area contributed by atoms with Gasteiger partial charge in [0.1, 0.15) is 13.2 Å². The lowest BCUT2D eigenvalue weighted by molar-refractivity contribution is -0.155. The Kier molecular flexibility index (Phi) is 35.8. The van der Waals surface area contributed by atoms with Crippen LogP contribution in [0, 0.1) is 11.3 Å². The number of benzene rings is 1. The minimum absolute atomic E-state index is 0.0186. The van der Waals surface area contributed by atoms with Gasteiger partial charge in [-0.1, -0.05) is 45.9 Å². The SMILES string of the molecule is CC(=O)C1(C(=O)CCOCCOCCOCCOCCNC(=O)CCN2C(=O)CC(SC[C@H](CC(=O)COCC(=O)Cc3ccc(CCC(=O)N4CCC4=O)cc3)C(=O)NCCOCCOCCOCCOCCC(=O)C(C(C)=O)(C(C)=O)C(C)=O)C2=O)SS1. The van der Waals surface area contributed by atoms with Gasteiger partial charge in [-0.15, -0.1) is 11.8 Å². The van der Waals surface area contributed by atoms with Gasteiger partial charge in [0.25, 0.3) is 0 Å². The molecule has 1 aromatic rings. The van der Waals surface area contributed by atoms with Gasteiger partial charge in [0.05, 0.1) is 117 Å². The Morgan fingerprint density at radius 3 is 1.57 bits per heavy atom. The van der Waals surface area contributed by atoms with Crippen molar-refractivity contribution in [3.8, 4) is 0 Å². The van der Waals surface area contributed by atoms with Crippen LogP contribution in [0.4, 0.5) is 0 Å². The fourth-order valence-electron chi connectivity index (χ4n) is 9.10. The Bertz CT molecular complexity index is 2600. The first-order valence-corrected chi connectivity index (χ1v) is 33.0. The van der Waals surface area contributed by atoms with Crippen molar-refractivity contribution in [2.24, 2.45) is 11.3 Å². The number of thioether (sulfide) groups is 1. The topological polar surface area (TPSA) is 353 Å². The number of nitrogens with one attached hydrogen (secondary N) is 2. The summed E-state index contributed by atoms with van der Waals surface area (Å²) in [5, 5.41) is 4.55. The van der Waals surface area contributed by atoms with Crippen molar-refractivity contribution in [1.82, 2.24) is 20.4 Å². The highest BCUT2D eigenvalue weighted by Crippen LogP contribution is 2.66. The number of Topliss-reactive ketones (excluding diaryl/α,β-unsaturated/α-hetero) is 8. The van der Waals surface area contributed by atoms with Crippen molar-refractivity contribution in [2.45, 2.75) is 94.8 Å². The van der Waals surface area contributed by atoms with Crippen LogP contribution in [-0.4, -0.2) is 252 Å². The smallest absolute Gasteiger partial charge is 0.242 e. The van der Waals surface area contributed by atoms with E-state index in [0.29, 0.717) is 51.4 Å². The number of likely N-dealkylation sites (tertiary alicyclic amines) is 2. The van der Waals surface area contributed by atoms with Crippen molar-refractivity contribution in [2.75, 3.05) is 151 Å². The van der Waals surface area contributed by atoms with Crippen molar-refractivity contribution in [3.63, 3.8) is 0 Å². The molecule has 3 heterocycles. The second-order valence-corrected chi connectivity index (χ2v) is 25.0. The van der Waals surface area contributed by atoms with Crippen LogP contribution in [0.1, 0.15) is 83.8 Å². The van der Waals surface area contributed by atoms with Gasteiger partial charge in [-0.2, -0.15) is 0 Å². The summed E-state index contributed by atoms with van der Waals surface area (Å²) in [6.45, 7) is 7.29. The van der Waals surface area contributed by atoms with E-state index >= 15 is 0 Å². The third-order valence-corrected chi connectivity index (χ3v) is 18.6. The molecular weight excluding hydrogens is 1240 g/mol. The third kappa shape index (κ3) is 26.6. The molecule has 27 nitrogen and oxygen atoms in total. The van der Waals surface area contributed by atoms with Crippen LogP contribution in [0.25, 0.3) is 0 Å². The predicted molar refractivity (Wildman–Crippen MR) is 326 cm³/mol. The number of ether oxygens (including phenoxy) is 9. The normalized spacial score (nSPS) is 15.5. The van der Waals surface area contributed by atoms with Crippen LogP contribution < -0.4 is 10.6 Å².